The summed E-state index contributed by atoms with van der Waals surface area (Å²) in [5.74, 6) is -1.76. The van der Waals surface area contributed by atoms with E-state index in [2.05, 4.69) is 0 Å². The molecule has 0 aromatic heterocycles. The summed E-state index contributed by atoms with van der Waals surface area (Å²) in [5, 5.41) is 0. The molecule has 30 heavy (non-hydrogen) atoms. The van der Waals surface area contributed by atoms with Crippen LogP contribution in [0.5, 0.6) is 0 Å². The number of esters is 1. The van der Waals surface area contributed by atoms with Gasteiger partial charge in [-0.1, -0.05) is 48.0 Å². The Morgan fingerprint density at radius 1 is 1.00 bits per heavy atom. The van der Waals surface area contributed by atoms with Crippen LogP contribution in [-0.2, 0) is 24.3 Å². The summed E-state index contributed by atoms with van der Waals surface area (Å²) in [4.78, 5) is 35.1. The zero-order valence-corrected chi connectivity index (χ0v) is 17.3. The van der Waals surface area contributed by atoms with Crippen LogP contribution in [0.1, 0.15) is 28.4 Å². The van der Waals surface area contributed by atoms with E-state index in [1.165, 1.54) is 18.2 Å². The number of carbonyl (C=O) groups is 3. The minimum atomic E-state index is -4.09. The van der Waals surface area contributed by atoms with Gasteiger partial charge in [0.1, 0.15) is 6.29 Å². The number of hydrogen-bond acceptors (Lipinski definition) is 6. The lowest BCUT2D eigenvalue weighted by Crippen LogP contribution is -2.29. The number of rotatable bonds is 8. The Bertz CT molecular complexity index is 1080. The van der Waals surface area contributed by atoms with E-state index in [0.717, 1.165) is 11.6 Å². The van der Waals surface area contributed by atoms with Gasteiger partial charge < -0.3 is 4.74 Å². The van der Waals surface area contributed by atoms with Gasteiger partial charge in [0.2, 0.25) is 0 Å². The maximum atomic E-state index is 12.3. The van der Waals surface area contributed by atoms with Crippen molar-refractivity contribution in [3.05, 3.63) is 82.9 Å². The Labute approximate surface area is 175 Å². The Kier molecular flexibility index (Phi) is 7.83. The molecule has 0 saturated carbocycles. The van der Waals surface area contributed by atoms with Gasteiger partial charge in [-0.2, -0.15) is 0 Å². The number of nitrogens with one attached hydrogen (secondary N) is 1. The van der Waals surface area contributed by atoms with Gasteiger partial charge in [0.05, 0.1) is 17.1 Å². The van der Waals surface area contributed by atoms with Crippen molar-refractivity contribution in [3.8, 4) is 0 Å². The number of carbonyl (C=O) groups excluding carboxylic acids is 3. The standard InChI is InChI=1S/C22H21NO6S/c1-3-29-22(26)19(11-10-17-6-8-18(15-24)9-7-17)14-21(25)23-30(27,28)20-12-4-16(2)5-13-20/h4-15H,3H2,1-2H3,(H,23,25)/b11-10+,19-14+. The van der Waals surface area contributed by atoms with Crippen LogP contribution in [0.3, 0.4) is 0 Å². The van der Waals surface area contributed by atoms with E-state index in [-0.39, 0.29) is 17.1 Å². The molecule has 0 radical (unpaired) electrons. The number of aryl methyl sites for hydroxylation is 1. The minimum absolute atomic E-state index is 0.0710. The average molecular weight is 427 g/mol. The average Bonchev–Trinajstić information content (AvgIpc) is 2.71. The highest BCUT2D eigenvalue weighted by Gasteiger charge is 2.18. The third-order valence-corrected chi connectivity index (χ3v) is 5.25. The van der Waals surface area contributed by atoms with Gasteiger partial charge in [0.15, 0.2) is 0 Å². The van der Waals surface area contributed by atoms with Crippen LogP contribution in [0.15, 0.2) is 71.2 Å². The first-order chi connectivity index (χ1) is 14.2. The predicted octanol–water partition coefficient (Wildman–Crippen LogP) is 2.82. The molecule has 1 N–H and O–H groups in total. The zero-order valence-electron chi connectivity index (χ0n) is 16.5. The van der Waals surface area contributed by atoms with Crippen molar-refractivity contribution in [2.75, 3.05) is 6.61 Å². The van der Waals surface area contributed by atoms with Gasteiger partial charge in [-0.15, -0.1) is 0 Å². The molecule has 7 nitrogen and oxygen atoms in total. The van der Waals surface area contributed by atoms with Crippen LogP contribution >= 0.6 is 0 Å². The molecule has 8 heteroatoms. The molecule has 0 unspecified atom stereocenters. The molecule has 156 valence electrons. The second-order valence-electron chi connectivity index (χ2n) is 6.22. The first kappa shape index (κ1) is 22.8. The number of benzene rings is 2. The Balaban J connectivity index is 2.25. The van der Waals surface area contributed by atoms with Crippen molar-refractivity contribution in [3.63, 3.8) is 0 Å². The minimum Gasteiger partial charge on any atom is -0.462 e. The molecule has 2 aromatic carbocycles. The highest BCUT2D eigenvalue weighted by molar-refractivity contribution is 7.90. The lowest BCUT2D eigenvalue weighted by Gasteiger charge is -2.06. The van der Waals surface area contributed by atoms with Gasteiger partial charge in [0, 0.05) is 11.6 Å². The molecule has 0 aliphatic carbocycles. The van der Waals surface area contributed by atoms with E-state index in [1.54, 1.807) is 49.4 Å². The molecule has 0 heterocycles. The third kappa shape index (κ3) is 6.52. The van der Waals surface area contributed by atoms with Gasteiger partial charge in [-0.05, 0) is 37.6 Å². The van der Waals surface area contributed by atoms with Gasteiger partial charge in [0.25, 0.3) is 15.9 Å². The largest absolute Gasteiger partial charge is 0.462 e. The molecule has 0 spiro atoms. The Morgan fingerprint density at radius 2 is 1.60 bits per heavy atom. The summed E-state index contributed by atoms with van der Waals surface area (Å²) in [6.45, 7) is 3.50. The van der Waals surface area contributed by atoms with Crippen molar-refractivity contribution < 1.29 is 27.5 Å². The first-order valence-electron chi connectivity index (χ1n) is 9.00. The molecular formula is C22H21NO6S. The monoisotopic (exact) mass is 427 g/mol. The quantitative estimate of drug-likeness (QED) is 0.300. The third-order valence-electron chi connectivity index (χ3n) is 3.89. The SMILES string of the molecule is CCOC(=O)C(/C=C/c1ccc(C=O)cc1)=C/C(=O)NS(=O)(=O)c1ccc(C)cc1. The Morgan fingerprint density at radius 3 is 2.17 bits per heavy atom. The van der Waals surface area contributed by atoms with E-state index in [0.29, 0.717) is 17.4 Å². The maximum absolute atomic E-state index is 12.3. The van der Waals surface area contributed by atoms with Crippen molar-refractivity contribution in [2.24, 2.45) is 0 Å². The van der Waals surface area contributed by atoms with Crippen molar-refractivity contribution >= 4 is 34.3 Å². The normalized spacial score (nSPS) is 11.9. The smallest absolute Gasteiger partial charge is 0.338 e. The van der Waals surface area contributed by atoms with Gasteiger partial charge >= 0.3 is 5.97 Å². The Hall–Kier alpha value is -3.52. The molecule has 0 aliphatic rings. The van der Waals surface area contributed by atoms with Crippen molar-refractivity contribution in [1.29, 1.82) is 0 Å². The fourth-order valence-corrected chi connectivity index (χ4v) is 3.28. The van der Waals surface area contributed by atoms with E-state index in [9.17, 15) is 22.8 Å². The molecular weight excluding hydrogens is 406 g/mol. The fraction of sp³-hybridized carbons (Fsp3) is 0.136. The van der Waals surface area contributed by atoms with Crippen LogP contribution in [0.4, 0.5) is 0 Å². The lowest BCUT2D eigenvalue weighted by molar-refractivity contribution is -0.138. The topological polar surface area (TPSA) is 107 Å². The summed E-state index contributed by atoms with van der Waals surface area (Å²) < 4.78 is 31.5. The number of sulfonamides is 1. The molecule has 0 bridgehead atoms. The number of hydrogen-bond donors (Lipinski definition) is 1. The van der Waals surface area contributed by atoms with E-state index in [1.807, 2.05) is 11.6 Å². The molecule has 0 aliphatic heterocycles. The van der Waals surface area contributed by atoms with E-state index in [4.69, 9.17) is 4.74 Å². The summed E-state index contributed by atoms with van der Waals surface area (Å²) in [6, 6.07) is 12.5. The number of amides is 1. The van der Waals surface area contributed by atoms with Crippen molar-refractivity contribution in [1.82, 2.24) is 4.72 Å². The highest BCUT2D eigenvalue weighted by Crippen LogP contribution is 2.11. The number of ether oxygens (including phenoxy) is 1. The second-order valence-corrected chi connectivity index (χ2v) is 7.90. The predicted molar refractivity (Wildman–Crippen MR) is 112 cm³/mol. The molecule has 0 atom stereocenters. The second kappa shape index (κ2) is 10.3. The summed E-state index contributed by atoms with van der Waals surface area (Å²) in [7, 11) is -4.09. The van der Waals surface area contributed by atoms with Gasteiger partial charge in [-0.3, -0.25) is 9.59 Å². The first-order valence-corrected chi connectivity index (χ1v) is 10.5. The summed E-state index contributed by atoms with van der Waals surface area (Å²) >= 11 is 0. The zero-order chi connectivity index (χ0) is 22.1. The maximum Gasteiger partial charge on any atom is 0.338 e. The van der Waals surface area contributed by atoms with E-state index >= 15 is 0 Å². The summed E-state index contributed by atoms with van der Waals surface area (Å²) in [6.07, 6.45) is 4.45. The van der Waals surface area contributed by atoms with Crippen LogP contribution in [0.25, 0.3) is 6.08 Å². The van der Waals surface area contributed by atoms with Crippen molar-refractivity contribution in [2.45, 2.75) is 18.7 Å². The van der Waals surface area contributed by atoms with Crippen LogP contribution < -0.4 is 4.72 Å². The molecule has 2 aromatic rings. The highest BCUT2D eigenvalue weighted by atomic mass is 32.2. The molecule has 1 amide bonds. The van der Waals surface area contributed by atoms with E-state index < -0.39 is 21.9 Å². The summed E-state index contributed by atoms with van der Waals surface area (Å²) in [5.41, 5.74) is 1.90. The van der Waals surface area contributed by atoms with Crippen LogP contribution in [0, 0.1) is 6.92 Å². The molecule has 2 rings (SSSR count). The van der Waals surface area contributed by atoms with Crippen LogP contribution in [-0.4, -0.2) is 33.2 Å². The molecule has 0 saturated heterocycles. The number of aldehydes is 1. The fourth-order valence-electron chi connectivity index (χ4n) is 2.34. The molecule has 0 fully saturated rings. The van der Waals surface area contributed by atoms with Crippen LogP contribution in [0.2, 0.25) is 0 Å². The lowest BCUT2D eigenvalue weighted by atomic mass is 10.1. The van der Waals surface area contributed by atoms with Gasteiger partial charge in [-0.25, -0.2) is 17.9 Å².